The van der Waals surface area contributed by atoms with E-state index in [1.807, 2.05) is 6.07 Å². The van der Waals surface area contributed by atoms with Gasteiger partial charge in [0.1, 0.15) is 0 Å². The Morgan fingerprint density at radius 2 is 2.00 bits per heavy atom. The number of fused-ring (bicyclic) bond motifs is 1. The highest BCUT2D eigenvalue weighted by atomic mass is 79.9. The summed E-state index contributed by atoms with van der Waals surface area (Å²) in [7, 11) is 0. The maximum absolute atomic E-state index is 5.47. The highest BCUT2D eigenvalue weighted by molar-refractivity contribution is 9.10. The molecule has 0 aliphatic rings. The third-order valence-electron chi connectivity index (χ3n) is 3.52. The fourth-order valence-corrected chi connectivity index (χ4v) is 3.22. The molecule has 2 rings (SSSR count). The van der Waals surface area contributed by atoms with Gasteiger partial charge in [-0.15, -0.1) is 0 Å². The highest BCUT2D eigenvalue weighted by Gasteiger charge is 2.11. The van der Waals surface area contributed by atoms with E-state index in [4.69, 9.17) is 12.2 Å². The molecule has 0 saturated carbocycles. The number of H-pyrrole nitrogens is 1. The van der Waals surface area contributed by atoms with Crippen LogP contribution >= 0.6 is 28.1 Å². The molecule has 0 amide bonds. The molecule has 1 atom stereocenters. The van der Waals surface area contributed by atoms with Crippen molar-refractivity contribution in [1.29, 1.82) is 0 Å². The number of rotatable bonds is 5. The van der Waals surface area contributed by atoms with Crippen LogP contribution in [0.15, 0.2) is 22.7 Å². The Kier molecular flexibility index (Phi) is 4.85. The van der Waals surface area contributed by atoms with Crippen LogP contribution in [0, 0.1) is 10.7 Å². The molecule has 1 unspecified atom stereocenters. The zero-order valence-electron chi connectivity index (χ0n) is 11.7. The standard InChI is InChI=1S/C15H21BrN2S/c1-10(2)5-4-6-11(3)18-14-9-12(16)7-8-13(14)17-15(18)19/h7-11H,4-6H2,1-3H3,(H,17,19). The Morgan fingerprint density at radius 3 is 2.68 bits per heavy atom. The summed E-state index contributed by atoms with van der Waals surface area (Å²) >= 11 is 9.00. The van der Waals surface area contributed by atoms with Crippen molar-refractivity contribution < 1.29 is 0 Å². The van der Waals surface area contributed by atoms with Crippen LogP contribution in [0.1, 0.15) is 46.1 Å². The summed E-state index contributed by atoms with van der Waals surface area (Å²) in [6, 6.07) is 6.70. The van der Waals surface area contributed by atoms with Crippen molar-refractivity contribution in [3.05, 3.63) is 27.4 Å². The van der Waals surface area contributed by atoms with Crippen LogP contribution in [-0.2, 0) is 0 Å². The van der Waals surface area contributed by atoms with Crippen LogP contribution in [0.2, 0.25) is 0 Å². The van der Waals surface area contributed by atoms with Crippen molar-refractivity contribution in [1.82, 2.24) is 9.55 Å². The van der Waals surface area contributed by atoms with E-state index in [0.29, 0.717) is 6.04 Å². The summed E-state index contributed by atoms with van der Waals surface area (Å²) in [4.78, 5) is 3.29. The van der Waals surface area contributed by atoms with Gasteiger partial charge in [0.2, 0.25) is 0 Å². The molecule has 0 aliphatic carbocycles. The second-order valence-electron chi connectivity index (χ2n) is 5.64. The average Bonchev–Trinajstić information content (AvgIpc) is 2.63. The SMILES string of the molecule is CC(C)CCCC(C)n1c(=S)[nH]c2ccc(Br)cc21. The predicted molar refractivity (Wildman–Crippen MR) is 88.2 cm³/mol. The maximum atomic E-state index is 5.47. The second-order valence-corrected chi connectivity index (χ2v) is 6.94. The van der Waals surface area contributed by atoms with E-state index in [-0.39, 0.29) is 0 Å². The molecule has 19 heavy (non-hydrogen) atoms. The lowest BCUT2D eigenvalue weighted by Gasteiger charge is -2.15. The van der Waals surface area contributed by atoms with Crippen LogP contribution in [0.4, 0.5) is 0 Å². The molecular weight excluding hydrogens is 320 g/mol. The minimum absolute atomic E-state index is 0.439. The summed E-state index contributed by atoms with van der Waals surface area (Å²) in [5, 5.41) is 0. The van der Waals surface area contributed by atoms with Crippen molar-refractivity contribution in [3.63, 3.8) is 0 Å². The summed E-state index contributed by atoms with van der Waals surface area (Å²) in [6.07, 6.45) is 3.71. The largest absolute Gasteiger partial charge is 0.331 e. The molecule has 2 aromatic rings. The topological polar surface area (TPSA) is 20.7 Å². The summed E-state index contributed by atoms with van der Waals surface area (Å²) in [5.74, 6) is 0.775. The van der Waals surface area contributed by atoms with Gasteiger partial charge >= 0.3 is 0 Å². The lowest BCUT2D eigenvalue weighted by atomic mass is 10.0. The zero-order chi connectivity index (χ0) is 14.0. The van der Waals surface area contributed by atoms with Crippen molar-refractivity contribution in [2.24, 2.45) is 5.92 Å². The molecule has 1 N–H and O–H groups in total. The van der Waals surface area contributed by atoms with Gasteiger partial charge in [-0.25, -0.2) is 0 Å². The summed E-state index contributed by atoms with van der Waals surface area (Å²) in [5.41, 5.74) is 2.31. The Balaban J connectivity index is 2.25. The van der Waals surface area contributed by atoms with Crippen molar-refractivity contribution in [3.8, 4) is 0 Å². The average molecular weight is 341 g/mol. The lowest BCUT2D eigenvalue weighted by molar-refractivity contribution is 0.451. The monoisotopic (exact) mass is 340 g/mol. The maximum Gasteiger partial charge on any atom is 0.178 e. The van der Waals surface area contributed by atoms with E-state index >= 15 is 0 Å². The number of hydrogen-bond donors (Lipinski definition) is 1. The van der Waals surface area contributed by atoms with E-state index < -0.39 is 0 Å². The third-order valence-corrected chi connectivity index (χ3v) is 4.32. The quantitative estimate of drug-likeness (QED) is 0.677. The normalized spacial score (nSPS) is 13.3. The number of halogens is 1. The van der Waals surface area contributed by atoms with Crippen LogP contribution in [-0.4, -0.2) is 9.55 Å². The smallest absolute Gasteiger partial charge is 0.178 e. The third kappa shape index (κ3) is 3.48. The Labute approximate surface area is 128 Å². The molecule has 1 aromatic carbocycles. The van der Waals surface area contributed by atoms with E-state index in [1.165, 1.54) is 24.8 Å². The first kappa shape index (κ1) is 14.8. The fraction of sp³-hybridized carbons (Fsp3) is 0.533. The van der Waals surface area contributed by atoms with Gasteiger partial charge in [-0.2, -0.15) is 0 Å². The van der Waals surface area contributed by atoms with Gasteiger partial charge in [-0.05, 0) is 49.7 Å². The Hall–Kier alpha value is -0.610. The molecule has 0 bridgehead atoms. The van der Waals surface area contributed by atoms with Gasteiger partial charge < -0.3 is 9.55 Å². The Morgan fingerprint density at radius 1 is 1.26 bits per heavy atom. The molecule has 4 heteroatoms. The summed E-state index contributed by atoms with van der Waals surface area (Å²) < 4.78 is 4.16. The molecule has 104 valence electrons. The van der Waals surface area contributed by atoms with Gasteiger partial charge in [-0.1, -0.05) is 42.6 Å². The predicted octanol–water partition coefficient (Wildman–Crippen LogP) is 5.85. The molecule has 2 nitrogen and oxygen atoms in total. The number of hydrogen-bond acceptors (Lipinski definition) is 1. The first-order valence-corrected chi connectivity index (χ1v) is 8.09. The van der Waals surface area contributed by atoms with Crippen molar-refractivity contribution in [2.75, 3.05) is 0 Å². The molecule has 0 fully saturated rings. The highest BCUT2D eigenvalue weighted by Crippen LogP contribution is 2.25. The van der Waals surface area contributed by atoms with Crippen LogP contribution < -0.4 is 0 Å². The Bertz CT molecular complexity index is 612. The zero-order valence-corrected chi connectivity index (χ0v) is 14.1. The molecule has 0 saturated heterocycles. The number of benzene rings is 1. The first-order valence-electron chi connectivity index (χ1n) is 6.89. The van der Waals surface area contributed by atoms with Gasteiger partial charge in [0.05, 0.1) is 11.0 Å². The fourth-order valence-electron chi connectivity index (χ4n) is 2.48. The lowest BCUT2D eigenvalue weighted by Crippen LogP contribution is -2.05. The number of imidazole rings is 1. The van der Waals surface area contributed by atoms with Gasteiger partial charge in [-0.3, -0.25) is 0 Å². The summed E-state index contributed by atoms with van der Waals surface area (Å²) in [6.45, 7) is 6.81. The van der Waals surface area contributed by atoms with Crippen molar-refractivity contribution in [2.45, 2.75) is 46.1 Å². The number of nitrogens with zero attached hydrogens (tertiary/aromatic N) is 1. The van der Waals surface area contributed by atoms with Crippen LogP contribution in [0.25, 0.3) is 11.0 Å². The van der Waals surface area contributed by atoms with E-state index in [0.717, 1.165) is 20.7 Å². The van der Waals surface area contributed by atoms with Gasteiger partial charge in [0.15, 0.2) is 4.77 Å². The van der Waals surface area contributed by atoms with E-state index in [1.54, 1.807) is 0 Å². The molecule has 0 radical (unpaired) electrons. The molecule has 1 heterocycles. The van der Waals surface area contributed by atoms with Crippen molar-refractivity contribution >= 4 is 39.2 Å². The molecule has 0 spiro atoms. The van der Waals surface area contributed by atoms with Gasteiger partial charge in [0.25, 0.3) is 0 Å². The molecule has 1 aromatic heterocycles. The van der Waals surface area contributed by atoms with Crippen LogP contribution in [0.5, 0.6) is 0 Å². The van der Waals surface area contributed by atoms with E-state index in [2.05, 4.69) is 58.4 Å². The minimum atomic E-state index is 0.439. The molecule has 0 aliphatic heterocycles. The minimum Gasteiger partial charge on any atom is -0.331 e. The van der Waals surface area contributed by atoms with Crippen LogP contribution in [0.3, 0.4) is 0 Å². The number of aromatic amines is 1. The first-order chi connectivity index (χ1) is 8.99. The molecular formula is C15H21BrN2S. The number of nitrogens with one attached hydrogen (secondary N) is 1. The van der Waals surface area contributed by atoms with E-state index in [9.17, 15) is 0 Å². The van der Waals surface area contributed by atoms with Gasteiger partial charge in [0, 0.05) is 10.5 Å². The number of aromatic nitrogens is 2. The second kappa shape index (κ2) is 6.23.